The van der Waals surface area contributed by atoms with Crippen molar-refractivity contribution in [1.82, 2.24) is 24.7 Å². The molecule has 6 nitrogen and oxygen atoms in total. The third kappa shape index (κ3) is 2.28. The van der Waals surface area contributed by atoms with Crippen LogP contribution in [0.1, 0.15) is 49.8 Å². The van der Waals surface area contributed by atoms with Crippen molar-refractivity contribution in [2.24, 2.45) is 0 Å². The fourth-order valence-corrected chi connectivity index (χ4v) is 3.47. The van der Waals surface area contributed by atoms with Crippen molar-refractivity contribution in [3.05, 3.63) is 30.1 Å². The smallest absolute Gasteiger partial charge is 0.225 e. The van der Waals surface area contributed by atoms with Crippen molar-refractivity contribution in [3.8, 4) is 0 Å². The molecule has 21 heavy (non-hydrogen) atoms. The molecule has 1 saturated heterocycles. The lowest BCUT2D eigenvalue weighted by atomic mass is 10.2. The Kier molecular flexibility index (Phi) is 3.29. The molecule has 2 aliphatic heterocycles. The minimum Gasteiger partial charge on any atom is -0.331 e. The van der Waals surface area contributed by atoms with Gasteiger partial charge in [-0.25, -0.2) is 9.97 Å². The third-order valence-corrected chi connectivity index (χ3v) is 4.50. The van der Waals surface area contributed by atoms with E-state index < -0.39 is 0 Å². The van der Waals surface area contributed by atoms with Crippen molar-refractivity contribution in [2.45, 2.75) is 51.1 Å². The van der Waals surface area contributed by atoms with E-state index in [-0.39, 0.29) is 6.04 Å². The Morgan fingerprint density at radius 3 is 2.76 bits per heavy atom. The summed E-state index contributed by atoms with van der Waals surface area (Å²) in [7, 11) is 0. The van der Waals surface area contributed by atoms with Gasteiger partial charge in [0.2, 0.25) is 5.95 Å². The summed E-state index contributed by atoms with van der Waals surface area (Å²) in [5, 5.41) is 8.95. The molecule has 1 fully saturated rings. The molecule has 0 aliphatic carbocycles. The van der Waals surface area contributed by atoms with Gasteiger partial charge in [0, 0.05) is 31.9 Å². The Balaban J connectivity index is 1.68. The van der Waals surface area contributed by atoms with Crippen LogP contribution in [0.2, 0.25) is 0 Å². The first kappa shape index (κ1) is 12.7. The molecule has 110 valence electrons. The lowest BCUT2D eigenvalue weighted by molar-refractivity contribution is 0.556. The molecule has 0 bridgehead atoms. The zero-order valence-electron chi connectivity index (χ0n) is 12.1. The van der Waals surface area contributed by atoms with Gasteiger partial charge in [-0.15, -0.1) is 10.2 Å². The summed E-state index contributed by atoms with van der Waals surface area (Å²) in [6.07, 6.45) is 10.7. The fourth-order valence-electron chi connectivity index (χ4n) is 3.47. The van der Waals surface area contributed by atoms with Gasteiger partial charge >= 0.3 is 0 Å². The number of aryl methyl sites for hydroxylation is 1. The second-order valence-electron chi connectivity index (χ2n) is 5.84. The van der Waals surface area contributed by atoms with Crippen LogP contribution in [0.15, 0.2) is 18.5 Å². The lowest BCUT2D eigenvalue weighted by Gasteiger charge is -2.24. The van der Waals surface area contributed by atoms with Crippen LogP contribution < -0.4 is 4.90 Å². The number of nitrogens with zero attached hydrogens (tertiary/aromatic N) is 6. The van der Waals surface area contributed by atoms with E-state index in [1.807, 2.05) is 18.5 Å². The predicted molar refractivity (Wildman–Crippen MR) is 78.9 cm³/mol. The average molecular weight is 284 g/mol. The van der Waals surface area contributed by atoms with Crippen LogP contribution in [-0.4, -0.2) is 31.3 Å². The first-order chi connectivity index (χ1) is 10.4. The molecule has 4 rings (SSSR count). The highest BCUT2D eigenvalue weighted by Gasteiger charge is 2.32. The number of hydrogen-bond acceptors (Lipinski definition) is 5. The molecule has 6 heteroatoms. The Bertz CT molecular complexity index is 608. The molecule has 2 aromatic rings. The monoisotopic (exact) mass is 284 g/mol. The van der Waals surface area contributed by atoms with E-state index in [4.69, 9.17) is 0 Å². The van der Waals surface area contributed by atoms with E-state index in [2.05, 4.69) is 29.6 Å². The van der Waals surface area contributed by atoms with Gasteiger partial charge in [0.1, 0.15) is 5.82 Å². The van der Waals surface area contributed by atoms with Crippen molar-refractivity contribution in [1.29, 1.82) is 0 Å². The highest BCUT2D eigenvalue weighted by Crippen LogP contribution is 2.34. The summed E-state index contributed by atoms with van der Waals surface area (Å²) in [6, 6.07) is 2.13. The molecule has 0 spiro atoms. The van der Waals surface area contributed by atoms with Gasteiger partial charge in [-0.3, -0.25) is 0 Å². The van der Waals surface area contributed by atoms with Crippen molar-refractivity contribution in [2.75, 3.05) is 11.4 Å². The van der Waals surface area contributed by atoms with Crippen molar-refractivity contribution < 1.29 is 0 Å². The van der Waals surface area contributed by atoms with Crippen molar-refractivity contribution in [3.63, 3.8) is 0 Å². The number of hydrogen-bond donors (Lipinski definition) is 0. The van der Waals surface area contributed by atoms with Gasteiger partial charge in [-0.2, -0.15) is 0 Å². The quantitative estimate of drug-likeness (QED) is 0.845. The van der Waals surface area contributed by atoms with Crippen LogP contribution in [0, 0.1) is 0 Å². The van der Waals surface area contributed by atoms with E-state index in [1.165, 1.54) is 19.3 Å². The minimum absolute atomic E-state index is 0.270. The van der Waals surface area contributed by atoms with Gasteiger partial charge in [-0.05, 0) is 31.7 Å². The molecule has 0 aromatic carbocycles. The number of aromatic nitrogens is 5. The molecule has 1 atom stereocenters. The number of anilines is 1. The summed E-state index contributed by atoms with van der Waals surface area (Å²) in [5.74, 6) is 3.08. The molecule has 0 N–H and O–H groups in total. The molecule has 2 aromatic heterocycles. The molecule has 0 saturated carbocycles. The maximum Gasteiger partial charge on any atom is 0.225 e. The third-order valence-electron chi connectivity index (χ3n) is 4.50. The number of rotatable bonds is 2. The second-order valence-corrected chi connectivity index (χ2v) is 5.84. The first-order valence-electron chi connectivity index (χ1n) is 7.89. The Morgan fingerprint density at radius 1 is 0.952 bits per heavy atom. The Labute approximate surface area is 124 Å². The Hall–Kier alpha value is -1.98. The second kappa shape index (κ2) is 5.42. The van der Waals surface area contributed by atoms with E-state index in [0.29, 0.717) is 0 Å². The maximum absolute atomic E-state index is 4.51. The zero-order valence-corrected chi connectivity index (χ0v) is 12.1. The minimum atomic E-state index is 0.270. The molecular formula is C15H20N6. The first-order valence-corrected chi connectivity index (χ1v) is 7.89. The molecular weight excluding hydrogens is 264 g/mol. The van der Waals surface area contributed by atoms with Crippen LogP contribution in [0.4, 0.5) is 5.95 Å². The molecule has 4 heterocycles. The molecule has 2 aliphatic rings. The van der Waals surface area contributed by atoms with Gasteiger partial charge < -0.3 is 9.47 Å². The fraction of sp³-hybridized carbons (Fsp3) is 0.600. The maximum atomic E-state index is 4.51. The van der Waals surface area contributed by atoms with E-state index in [9.17, 15) is 0 Å². The molecule has 0 radical (unpaired) electrons. The molecule has 0 unspecified atom stereocenters. The van der Waals surface area contributed by atoms with Gasteiger partial charge in [0.25, 0.3) is 0 Å². The topological polar surface area (TPSA) is 59.7 Å². The summed E-state index contributed by atoms with van der Waals surface area (Å²) >= 11 is 0. The number of fused-ring (bicyclic) bond motifs is 1. The lowest BCUT2D eigenvalue weighted by Crippen LogP contribution is -2.27. The SMILES string of the molecule is c1cnc(N2CCC[C@H]2c2nnc3n2CCCCC3)nc1. The van der Waals surface area contributed by atoms with Gasteiger partial charge in [0.05, 0.1) is 6.04 Å². The highest BCUT2D eigenvalue weighted by molar-refractivity contribution is 5.34. The largest absolute Gasteiger partial charge is 0.331 e. The van der Waals surface area contributed by atoms with Crippen LogP contribution >= 0.6 is 0 Å². The summed E-state index contributed by atoms with van der Waals surface area (Å²) in [6.45, 7) is 2.05. The zero-order chi connectivity index (χ0) is 14.1. The average Bonchev–Trinajstić information content (AvgIpc) is 3.09. The van der Waals surface area contributed by atoms with Crippen molar-refractivity contribution >= 4 is 5.95 Å². The normalized spacial score (nSPS) is 22.1. The van der Waals surface area contributed by atoms with E-state index >= 15 is 0 Å². The standard InChI is InChI=1S/C15H20N6/c1-2-7-13-18-19-14(21(13)10-3-1)12-6-4-11-20(12)15-16-8-5-9-17-15/h5,8-9,12H,1-4,6-7,10-11H2/t12-/m0/s1. The highest BCUT2D eigenvalue weighted by atomic mass is 15.4. The van der Waals surface area contributed by atoms with Crippen LogP contribution in [0.5, 0.6) is 0 Å². The van der Waals surface area contributed by atoms with E-state index in [0.717, 1.165) is 49.9 Å². The summed E-state index contributed by atoms with van der Waals surface area (Å²) in [5.41, 5.74) is 0. The van der Waals surface area contributed by atoms with Gasteiger partial charge in [-0.1, -0.05) is 6.42 Å². The predicted octanol–water partition coefficient (Wildman–Crippen LogP) is 2.14. The van der Waals surface area contributed by atoms with Gasteiger partial charge in [0.15, 0.2) is 5.82 Å². The van der Waals surface area contributed by atoms with Crippen LogP contribution in [-0.2, 0) is 13.0 Å². The Morgan fingerprint density at radius 2 is 1.86 bits per heavy atom. The molecule has 0 amide bonds. The van der Waals surface area contributed by atoms with Crippen LogP contribution in [0.25, 0.3) is 0 Å². The summed E-state index contributed by atoms with van der Waals surface area (Å²) < 4.78 is 2.35. The summed E-state index contributed by atoms with van der Waals surface area (Å²) in [4.78, 5) is 11.1. The van der Waals surface area contributed by atoms with Crippen LogP contribution in [0.3, 0.4) is 0 Å². The van der Waals surface area contributed by atoms with E-state index in [1.54, 1.807) is 0 Å².